The maximum Gasteiger partial charge on any atom is 0.236 e. The van der Waals surface area contributed by atoms with E-state index in [1.54, 1.807) is 12.0 Å². The van der Waals surface area contributed by atoms with Crippen LogP contribution in [0.15, 0.2) is 0 Å². The number of nitrogens with one attached hydrogen (secondary N) is 1. The number of aliphatic hydroxyl groups is 1. The second kappa shape index (κ2) is 6.83. The fraction of sp³-hybridized carbons (Fsp3) is 0.909. The fourth-order valence-electron chi connectivity index (χ4n) is 2.07. The van der Waals surface area contributed by atoms with Crippen LogP contribution >= 0.6 is 0 Å². The Labute approximate surface area is 96.8 Å². The molecule has 5 heteroatoms. The van der Waals surface area contributed by atoms with Crippen LogP contribution in [0.1, 0.15) is 13.3 Å². The van der Waals surface area contributed by atoms with Gasteiger partial charge in [-0.2, -0.15) is 0 Å². The lowest BCUT2D eigenvalue weighted by Crippen LogP contribution is -2.44. The molecule has 1 aliphatic rings. The van der Waals surface area contributed by atoms with Gasteiger partial charge in [0.2, 0.25) is 5.91 Å². The molecule has 0 saturated carbocycles. The van der Waals surface area contributed by atoms with Crippen molar-refractivity contribution in [1.29, 1.82) is 0 Å². The number of aliphatic hydroxyl groups excluding tert-OH is 1. The lowest BCUT2D eigenvalue weighted by molar-refractivity contribution is -0.132. The van der Waals surface area contributed by atoms with Crippen molar-refractivity contribution in [3.63, 3.8) is 0 Å². The molecule has 5 nitrogen and oxygen atoms in total. The number of methoxy groups -OCH3 is 1. The summed E-state index contributed by atoms with van der Waals surface area (Å²) >= 11 is 0. The van der Waals surface area contributed by atoms with E-state index in [4.69, 9.17) is 4.74 Å². The summed E-state index contributed by atoms with van der Waals surface area (Å²) in [6, 6.07) is -0.00303. The fourth-order valence-corrected chi connectivity index (χ4v) is 2.07. The minimum atomic E-state index is -0.00303. The number of amides is 1. The van der Waals surface area contributed by atoms with Gasteiger partial charge in [-0.25, -0.2) is 0 Å². The van der Waals surface area contributed by atoms with E-state index in [0.717, 1.165) is 13.0 Å². The second-order valence-electron chi connectivity index (χ2n) is 4.27. The number of carbonyl (C=O) groups excluding carboxylic acids is 1. The van der Waals surface area contributed by atoms with Crippen LogP contribution in [0.5, 0.6) is 0 Å². The van der Waals surface area contributed by atoms with Crippen molar-refractivity contribution in [2.75, 3.05) is 40.0 Å². The molecule has 0 radical (unpaired) electrons. The molecule has 16 heavy (non-hydrogen) atoms. The molecule has 94 valence electrons. The number of rotatable bonds is 6. The SMILES string of the molecule is COCCNCC(=O)N1CCC(C)C1CO. The van der Waals surface area contributed by atoms with E-state index in [1.807, 2.05) is 0 Å². The van der Waals surface area contributed by atoms with Crippen molar-refractivity contribution in [3.8, 4) is 0 Å². The Morgan fingerprint density at radius 1 is 1.62 bits per heavy atom. The number of hydrogen-bond donors (Lipinski definition) is 2. The Kier molecular flexibility index (Phi) is 5.73. The first kappa shape index (κ1) is 13.4. The molecule has 1 amide bonds. The highest BCUT2D eigenvalue weighted by Gasteiger charge is 2.33. The maximum atomic E-state index is 11.8. The van der Waals surface area contributed by atoms with Gasteiger partial charge >= 0.3 is 0 Å². The molecule has 1 aliphatic heterocycles. The van der Waals surface area contributed by atoms with Crippen molar-refractivity contribution < 1.29 is 14.6 Å². The third kappa shape index (κ3) is 3.43. The van der Waals surface area contributed by atoms with Crippen LogP contribution in [0.4, 0.5) is 0 Å². The van der Waals surface area contributed by atoms with Gasteiger partial charge in [0.25, 0.3) is 0 Å². The largest absolute Gasteiger partial charge is 0.394 e. The molecule has 2 unspecified atom stereocenters. The summed E-state index contributed by atoms with van der Waals surface area (Å²) in [5, 5.41) is 12.3. The topological polar surface area (TPSA) is 61.8 Å². The first-order valence-electron chi connectivity index (χ1n) is 5.80. The normalized spacial score (nSPS) is 25.1. The smallest absolute Gasteiger partial charge is 0.236 e. The average Bonchev–Trinajstić information content (AvgIpc) is 2.65. The number of hydrogen-bond acceptors (Lipinski definition) is 4. The Hall–Kier alpha value is -0.650. The molecule has 1 rings (SSSR count). The Morgan fingerprint density at radius 2 is 2.38 bits per heavy atom. The van der Waals surface area contributed by atoms with Crippen LogP contribution < -0.4 is 5.32 Å². The van der Waals surface area contributed by atoms with Crippen molar-refractivity contribution >= 4 is 5.91 Å². The van der Waals surface area contributed by atoms with E-state index in [0.29, 0.717) is 25.6 Å². The highest BCUT2D eigenvalue weighted by molar-refractivity contribution is 5.79. The molecular formula is C11H22N2O3. The standard InChI is InChI=1S/C11H22N2O3/c1-9-3-5-13(10(9)8-14)11(15)7-12-4-6-16-2/h9-10,12,14H,3-8H2,1-2H3. The summed E-state index contributed by atoms with van der Waals surface area (Å²) in [6.07, 6.45) is 0.981. The second-order valence-corrected chi connectivity index (χ2v) is 4.27. The van der Waals surface area contributed by atoms with E-state index >= 15 is 0 Å². The first-order chi connectivity index (χ1) is 7.70. The zero-order chi connectivity index (χ0) is 12.0. The minimum absolute atomic E-state index is 0.00303. The number of carbonyl (C=O) groups is 1. The molecule has 2 atom stereocenters. The van der Waals surface area contributed by atoms with Gasteiger partial charge in [-0.05, 0) is 12.3 Å². The highest BCUT2D eigenvalue weighted by atomic mass is 16.5. The van der Waals surface area contributed by atoms with E-state index < -0.39 is 0 Å². The molecule has 0 aromatic heterocycles. The lowest BCUT2D eigenvalue weighted by Gasteiger charge is -2.25. The van der Waals surface area contributed by atoms with Crippen LogP contribution in [0.2, 0.25) is 0 Å². The Balaban J connectivity index is 2.30. The molecule has 2 N–H and O–H groups in total. The third-order valence-electron chi connectivity index (χ3n) is 3.15. The maximum absolute atomic E-state index is 11.8. The van der Waals surface area contributed by atoms with E-state index in [2.05, 4.69) is 12.2 Å². The number of likely N-dealkylation sites (tertiary alicyclic amines) is 1. The molecule has 1 fully saturated rings. The molecule has 0 aromatic rings. The molecular weight excluding hydrogens is 208 g/mol. The van der Waals surface area contributed by atoms with E-state index in [1.165, 1.54) is 0 Å². The summed E-state index contributed by atoms with van der Waals surface area (Å²) in [4.78, 5) is 13.6. The van der Waals surface area contributed by atoms with Crippen molar-refractivity contribution in [3.05, 3.63) is 0 Å². The van der Waals surface area contributed by atoms with Crippen LogP contribution in [0.25, 0.3) is 0 Å². The third-order valence-corrected chi connectivity index (χ3v) is 3.15. The zero-order valence-corrected chi connectivity index (χ0v) is 10.1. The Morgan fingerprint density at radius 3 is 3.00 bits per heavy atom. The molecule has 0 aliphatic carbocycles. The van der Waals surface area contributed by atoms with E-state index in [-0.39, 0.29) is 18.6 Å². The van der Waals surface area contributed by atoms with Gasteiger partial charge in [0.05, 0.1) is 25.8 Å². The van der Waals surface area contributed by atoms with Crippen molar-refractivity contribution in [1.82, 2.24) is 10.2 Å². The first-order valence-corrected chi connectivity index (χ1v) is 5.80. The summed E-state index contributed by atoms with van der Waals surface area (Å²) in [7, 11) is 1.63. The quantitative estimate of drug-likeness (QED) is 0.601. The predicted octanol–water partition coefficient (Wildman–Crippen LogP) is -0.548. The van der Waals surface area contributed by atoms with Gasteiger partial charge in [-0.15, -0.1) is 0 Å². The van der Waals surface area contributed by atoms with Gasteiger partial charge in [-0.1, -0.05) is 6.92 Å². The summed E-state index contributed by atoms with van der Waals surface area (Å²) in [5.74, 6) is 0.465. The molecule has 0 spiro atoms. The molecule has 1 saturated heterocycles. The summed E-state index contributed by atoms with van der Waals surface area (Å²) < 4.78 is 4.88. The zero-order valence-electron chi connectivity index (χ0n) is 10.1. The van der Waals surface area contributed by atoms with E-state index in [9.17, 15) is 9.90 Å². The highest BCUT2D eigenvalue weighted by Crippen LogP contribution is 2.23. The van der Waals surface area contributed by atoms with Gasteiger partial charge < -0.3 is 20.1 Å². The minimum Gasteiger partial charge on any atom is -0.394 e. The van der Waals surface area contributed by atoms with Crippen LogP contribution in [-0.4, -0.2) is 61.9 Å². The van der Waals surface area contributed by atoms with Gasteiger partial charge in [0.1, 0.15) is 0 Å². The van der Waals surface area contributed by atoms with Gasteiger partial charge in [-0.3, -0.25) is 4.79 Å². The van der Waals surface area contributed by atoms with Gasteiger partial charge in [0.15, 0.2) is 0 Å². The number of ether oxygens (including phenoxy) is 1. The summed E-state index contributed by atoms with van der Waals surface area (Å²) in [6.45, 7) is 4.50. The van der Waals surface area contributed by atoms with Crippen LogP contribution in [0, 0.1) is 5.92 Å². The average molecular weight is 230 g/mol. The predicted molar refractivity (Wildman–Crippen MR) is 61.1 cm³/mol. The van der Waals surface area contributed by atoms with Crippen molar-refractivity contribution in [2.24, 2.45) is 5.92 Å². The molecule has 0 bridgehead atoms. The number of nitrogens with zero attached hydrogens (tertiary/aromatic N) is 1. The van der Waals surface area contributed by atoms with Gasteiger partial charge in [0, 0.05) is 20.2 Å². The monoisotopic (exact) mass is 230 g/mol. The molecule has 0 aromatic carbocycles. The summed E-state index contributed by atoms with van der Waals surface area (Å²) in [5.41, 5.74) is 0. The van der Waals surface area contributed by atoms with Crippen LogP contribution in [0.3, 0.4) is 0 Å². The molecule has 1 heterocycles. The van der Waals surface area contributed by atoms with Crippen molar-refractivity contribution in [2.45, 2.75) is 19.4 Å². The Bertz CT molecular complexity index is 223. The lowest BCUT2D eigenvalue weighted by atomic mass is 10.0. The van der Waals surface area contributed by atoms with Crippen LogP contribution in [-0.2, 0) is 9.53 Å².